The number of fused-ring (bicyclic) bond motifs is 1. The molecule has 0 spiro atoms. The van der Waals surface area contributed by atoms with Crippen LogP contribution in [0, 0.1) is 10.1 Å². The van der Waals surface area contributed by atoms with E-state index in [1.54, 1.807) is 48.5 Å². The number of nitrogens with zero attached hydrogens (tertiary/aromatic N) is 5. The molecule has 0 atom stereocenters. The van der Waals surface area contributed by atoms with Crippen molar-refractivity contribution in [2.75, 3.05) is 43.4 Å². The molecule has 0 radical (unpaired) electrons. The molecule has 37 heavy (non-hydrogen) atoms. The van der Waals surface area contributed by atoms with Gasteiger partial charge >= 0.3 is 0 Å². The Balaban J connectivity index is 1.50. The number of nitro benzene ring substituents is 1. The van der Waals surface area contributed by atoms with Gasteiger partial charge in [-0.1, -0.05) is 30.3 Å². The van der Waals surface area contributed by atoms with Crippen LogP contribution in [0.1, 0.15) is 10.4 Å². The molecule has 0 aliphatic carbocycles. The lowest BCUT2D eigenvalue weighted by Gasteiger charge is -2.34. The lowest BCUT2D eigenvalue weighted by Crippen LogP contribution is -2.44. The zero-order valence-electron chi connectivity index (χ0n) is 19.9. The summed E-state index contributed by atoms with van der Waals surface area (Å²) < 4.78 is 27.4. The first kappa shape index (κ1) is 24.4. The van der Waals surface area contributed by atoms with Gasteiger partial charge in [-0.15, -0.1) is 5.10 Å². The van der Waals surface area contributed by atoms with Gasteiger partial charge in [0.15, 0.2) is 5.82 Å². The number of rotatable bonds is 6. The fraction of sp³-hybridized carbons (Fsp3) is 0.200. The summed E-state index contributed by atoms with van der Waals surface area (Å²) in [6.45, 7) is 3.10. The third-order valence-corrected chi connectivity index (χ3v) is 7.95. The van der Waals surface area contributed by atoms with Crippen LogP contribution in [-0.2, 0) is 10.0 Å². The monoisotopic (exact) mass is 520 g/mol. The van der Waals surface area contributed by atoms with Gasteiger partial charge in [-0.25, -0.2) is 0 Å². The summed E-state index contributed by atoms with van der Waals surface area (Å²) in [7, 11) is -2.03. The normalized spacial score (nSPS) is 14.6. The number of anilines is 2. The van der Waals surface area contributed by atoms with E-state index in [-0.39, 0.29) is 27.5 Å². The Morgan fingerprint density at radius 3 is 2.35 bits per heavy atom. The number of hydrogen-bond donors (Lipinski definition) is 1. The van der Waals surface area contributed by atoms with Crippen molar-refractivity contribution in [2.24, 2.45) is 0 Å². The first-order valence-corrected chi connectivity index (χ1v) is 13.0. The summed E-state index contributed by atoms with van der Waals surface area (Å²) in [5.74, 6) is -0.776. The average molecular weight is 521 g/mol. The Hall–Kier alpha value is -4.29. The Morgan fingerprint density at radius 2 is 1.65 bits per heavy atom. The Kier molecular flexibility index (Phi) is 6.36. The van der Waals surface area contributed by atoms with E-state index in [2.05, 4.69) is 15.3 Å². The highest BCUT2D eigenvalue weighted by atomic mass is 32.2. The van der Waals surface area contributed by atoms with Crippen molar-refractivity contribution in [1.29, 1.82) is 0 Å². The number of hydrogen-bond acceptors (Lipinski definition) is 8. The molecule has 3 aromatic carbocycles. The van der Waals surface area contributed by atoms with Gasteiger partial charge in [0.05, 0.1) is 15.3 Å². The van der Waals surface area contributed by atoms with Crippen LogP contribution in [0.2, 0.25) is 0 Å². The maximum atomic E-state index is 13.3. The summed E-state index contributed by atoms with van der Waals surface area (Å²) in [4.78, 5) is 28.7. The maximum Gasteiger partial charge on any atom is 0.284 e. The number of benzene rings is 3. The number of para-hydroxylation sites is 1. The van der Waals surface area contributed by atoms with E-state index in [1.165, 1.54) is 24.3 Å². The maximum absolute atomic E-state index is 13.3. The lowest BCUT2D eigenvalue weighted by atomic mass is 10.1. The number of nitro groups is 1. The summed E-state index contributed by atoms with van der Waals surface area (Å²) in [5, 5.41) is 19.0. The molecule has 0 bridgehead atoms. The van der Waals surface area contributed by atoms with Crippen molar-refractivity contribution in [1.82, 2.24) is 14.1 Å². The number of piperazine rings is 1. The van der Waals surface area contributed by atoms with Crippen molar-refractivity contribution >= 4 is 44.0 Å². The zero-order chi connectivity index (χ0) is 26.2. The van der Waals surface area contributed by atoms with Gasteiger partial charge in [0, 0.05) is 43.3 Å². The summed E-state index contributed by atoms with van der Waals surface area (Å²) in [6, 6.07) is 18.9. The van der Waals surface area contributed by atoms with Crippen LogP contribution in [-0.4, -0.2) is 66.6 Å². The molecular formula is C25H24N6O5S. The molecule has 190 valence electrons. The van der Waals surface area contributed by atoms with Crippen molar-refractivity contribution in [3.05, 3.63) is 88.5 Å². The molecule has 11 nitrogen and oxygen atoms in total. The molecule has 1 aliphatic rings. The van der Waals surface area contributed by atoms with Crippen molar-refractivity contribution in [3.63, 3.8) is 0 Å². The standard InChI is InChI=1S/C25H24N6O5S/c1-28-13-15-29(16-14-28)18-11-12-21(23(17-18)31(33)34)25(32)26-24-20-9-5-6-10-22(20)30(27-24)37(35,36)19-7-3-2-4-8-19/h2-12,17H,13-16H2,1H3,(H,26,27,32). The number of nitrogens with one attached hydrogen (secondary N) is 1. The van der Waals surface area contributed by atoms with Gasteiger partial charge in [-0.3, -0.25) is 14.9 Å². The molecule has 1 amide bonds. The van der Waals surface area contributed by atoms with Crippen LogP contribution in [0.25, 0.3) is 10.9 Å². The highest BCUT2D eigenvalue weighted by molar-refractivity contribution is 7.90. The molecule has 1 aromatic heterocycles. The van der Waals surface area contributed by atoms with E-state index in [0.717, 1.165) is 30.3 Å². The number of carbonyl (C=O) groups excluding carboxylic acids is 1. The van der Waals surface area contributed by atoms with E-state index in [9.17, 15) is 23.3 Å². The highest BCUT2D eigenvalue weighted by Gasteiger charge is 2.27. The van der Waals surface area contributed by atoms with E-state index in [0.29, 0.717) is 11.1 Å². The summed E-state index contributed by atoms with van der Waals surface area (Å²) in [5.41, 5.74) is 0.448. The number of likely N-dealkylation sites (N-methyl/N-ethyl adjacent to an activating group) is 1. The largest absolute Gasteiger partial charge is 0.369 e. The van der Waals surface area contributed by atoms with Crippen LogP contribution < -0.4 is 10.2 Å². The fourth-order valence-corrected chi connectivity index (χ4v) is 5.61. The summed E-state index contributed by atoms with van der Waals surface area (Å²) in [6.07, 6.45) is 0. The predicted molar refractivity (Wildman–Crippen MR) is 140 cm³/mol. The van der Waals surface area contributed by atoms with Crippen LogP contribution in [0.4, 0.5) is 17.2 Å². The molecule has 0 unspecified atom stereocenters. The molecular weight excluding hydrogens is 496 g/mol. The molecule has 4 aromatic rings. The Labute approximate surface area is 213 Å². The molecule has 5 rings (SSSR count). The Bertz CT molecular complexity index is 1590. The third-order valence-electron chi connectivity index (χ3n) is 6.35. The van der Waals surface area contributed by atoms with Gasteiger partial charge in [0.2, 0.25) is 0 Å². The highest BCUT2D eigenvalue weighted by Crippen LogP contribution is 2.30. The minimum Gasteiger partial charge on any atom is -0.369 e. The average Bonchev–Trinajstić information content (AvgIpc) is 3.28. The molecule has 1 fully saturated rings. The van der Waals surface area contributed by atoms with Crippen LogP contribution in [0.5, 0.6) is 0 Å². The predicted octanol–water partition coefficient (Wildman–Crippen LogP) is 3.19. The lowest BCUT2D eigenvalue weighted by molar-refractivity contribution is -0.385. The molecule has 2 heterocycles. The zero-order valence-corrected chi connectivity index (χ0v) is 20.8. The molecule has 0 saturated carbocycles. The minimum atomic E-state index is -4.05. The smallest absolute Gasteiger partial charge is 0.284 e. The Morgan fingerprint density at radius 1 is 0.973 bits per heavy atom. The second-order valence-electron chi connectivity index (χ2n) is 8.73. The first-order valence-electron chi connectivity index (χ1n) is 11.6. The number of aromatic nitrogens is 2. The van der Waals surface area contributed by atoms with Gasteiger partial charge in [-0.05, 0) is 43.4 Å². The second kappa shape index (κ2) is 9.64. The van der Waals surface area contributed by atoms with Crippen LogP contribution in [0.15, 0.2) is 77.7 Å². The molecule has 1 N–H and O–H groups in total. The summed E-state index contributed by atoms with van der Waals surface area (Å²) >= 11 is 0. The van der Waals surface area contributed by atoms with Crippen molar-refractivity contribution in [2.45, 2.75) is 4.90 Å². The van der Waals surface area contributed by atoms with Gasteiger partial charge in [0.25, 0.3) is 21.6 Å². The van der Waals surface area contributed by atoms with Crippen molar-refractivity contribution in [3.8, 4) is 0 Å². The molecule has 1 saturated heterocycles. The second-order valence-corrected chi connectivity index (χ2v) is 10.5. The third kappa shape index (κ3) is 4.63. The van der Waals surface area contributed by atoms with Crippen molar-refractivity contribution < 1.29 is 18.1 Å². The molecule has 1 aliphatic heterocycles. The van der Waals surface area contributed by atoms with Gasteiger partial charge in [-0.2, -0.15) is 12.5 Å². The minimum absolute atomic E-state index is 0.0162. The van der Waals surface area contributed by atoms with Crippen LogP contribution >= 0.6 is 0 Å². The topological polar surface area (TPSA) is 131 Å². The van der Waals surface area contributed by atoms with Gasteiger partial charge < -0.3 is 15.1 Å². The van der Waals surface area contributed by atoms with Gasteiger partial charge in [0.1, 0.15) is 5.56 Å². The fourth-order valence-electron chi connectivity index (χ4n) is 4.31. The quantitative estimate of drug-likeness (QED) is 0.303. The van der Waals surface area contributed by atoms with E-state index in [1.807, 2.05) is 11.9 Å². The SMILES string of the molecule is CN1CCN(c2ccc(C(=O)Nc3nn(S(=O)(=O)c4ccccc4)c4ccccc34)c([N+](=O)[O-])c2)CC1. The number of amides is 1. The van der Waals surface area contributed by atoms with E-state index >= 15 is 0 Å². The number of carbonyl (C=O) groups is 1. The van der Waals surface area contributed by atoms with Crippen LogP contribution in [0.3, 0.4) is 0 Å². The first-order chi connectivity index (χ1) is 17.8. The molecule has 12 heteroatoms. The van der Waals surface area contributed by atoms with E-state index < -0.39 is 20.9 Å². The van der Waals surface area contributed by atoms with E-state index in [4.69, 9.17) is 0 Å².